The third-order valence-electron chi connectivity index (χ3n) is 13.3. The van der Waals surface area contributed by atoms with E-state index < -0.39 is 6.10 Å². The molecule has 6 nitrogen and oxygen atoms in total. The Balaban J connectivity index is 4.36. The Hall–Kier alpha value is -3.67. The van der Waals surface area contributed by atoms with E-state index in [2.05, 4.69) is 118 Å². The second-order valence-electron chi connectivity index (χ2n) is 20.6. The molecule has 0 N–H and O–H groups in total. The lowest BCUT2D eigenvalue weighted by Crippen LogP contribution is -2.30. The molecule has 74 heavy (non-hydrogen) atoms. The van der Waals surface area contributed by atoms with Gasteiger partial charge < -0.3 is 14.2 Å². The summed E-state index contributed by atoms with van der Waals surface area (Å²) in [5.74, 6) is -0.925. The normalized spacial score (nSPS) is 12.7. The van der Waals surface area contributed by atoms with Crippen molar-refractivity contribution in [3.8, 4) is 0 Å². The number of hydrogen-bond donors (Lipinski definition) is 0. The molecule has 6 heteroatoms. The van der Waals surface area contributed by atoms with E-state index in [9.17, 15) is 14.4 Å². The van der Waals surface area contributed by atoms with Gasteiger partial charge in [0.1, 0.15) is 13.2 Å². The molecule has 0 aliphatic heterocycles. The van der Waals surface area contributed by atoms with Crippen molar-refractivity contribution in [1.82, 2.24) is 0 Å². The van der Waals surface area contributed by atoms with Crippen molar-refractivity contribution in [2.45, 2.75) is 303 Å². The molecule has 0 amide bonds. The highest BCUT2D eigenvalue weighted by Gasteiger charge is 2.19. The molecule has 0 aliphatic carbocycles. The van der Waals surface area contributed by atoms with Crippen LogP contribution < -0.4 is 0 Å². The predicted octanol–water partition coefficient (Wildman–Crippen LogP) is 21.3. The van der Waals surface area contributed by atoms with Gasteiger partial charge in [-0.05, 0) is 96.3 Å². The van der Waals surface area contributed by atoms with Crippen LogP contribution in [0.25, 0.3) is 0 Å². The van der Waals surface area contributed by atoms with Gasteiger partial charge in [0.2, 0.25) is 0 Å². The topological polar surface area (TPSA) is 78.9 Å². The SMILES string of the molecule is CC/C=C\C/C=C\C/C=C\C/C=C\C/C=C\C/C=C\C/C=C\CCCCCC(=O)OCC(COC(=O)CCCCCCC/C=C\CCCC)OC(=O)CCCCCCCCCCCCCCCCCCCCCC. The van der Waals surface area contributed by atoms with Crippen LogP contribution in [0.2, 0.25) is 0 Å². The average molecular weight is 1030 g/mol. The number of esters is 3. The average Bonchev–Trinajstić information content (AvgIpc) is 3.40. The molecule has 0 heterocycles. The number of ether oxygens (including phenoxy) is 3. The second-order valence-corrected chi connectivity index (χ2v) is 20.6. The van der Waals surface area contributed by atoms with Crippen LogP contribution in [-0.4, -0.2) is 37.2 Å². The summed E-state index contributed by atoms with van der Waals surface area (Å²) in [6, 6.07) is 0. The van der Waals surface area contributed by atoms with Crippen LogP contribution in [0.5, 0.6) is 0 Å². The quantitative estimate of drug-likeness (QED) is 0.0261. The van der Waals surface area contributed by atoms with E-state index in [1.165, 1.54) is 141 Å². The first-order chi connectivity index (χ1) is 36.5. The Bertz CT molecular complexity index is 1460. The van der Waals surface area contributed by atoms with Crippen molar-refractivity contribution in [2.24, 2.45) is 0 Å². The zero-order valence-electron chi connectivity index (χ0n) is 48.6. The Labute approximate surface area is 457 Å². The fourth-order valence-electron chi connectivity index (χ4n) is 8.64. The summed E-state index contributed by atoms with van der Waals surface area (Å²) < 4.78 is 16.9. The molecular formula is C68H116O6. The van der Waals surface area contributed by atoms with Crippen molar-refractivity contribution in [3.63, 3.8) is 0 Å². The van der Waals surface area contributed by atoms with E-state index in [4.69, 9.17) is 14.2 Å². The smallest absolute Gasteiger partial charge is 0.306 e. The van der Waals surface area contributed by atoms with Crippen molar-refractivity contribution in [1.29, 1.82) is 0 Å². The van der Waals surface area contributed by atoms with Crippen LogP contribution in [0, 0.1) is 0 Å². The molecule has 0 bridgehead atoms. The Morgan fingerprint density at radius 3 is 0.892 bits per heavy atom. The molecule has 0 aromatic carbocycles. The maximum atomic E-state index is 12.9. The molecule has 1 unspecified atom stereocenters. The Morgan fingerprint density at radius 1 is 0.284 bits per heavy atom. The van der Waals surface area contributed by atoms with Crippen LogP contribution in [0.1, 0.15) is 297 Å². The third kappa shape index (κ3) is 59.2. The molecule has 0 aromatic heterocycles. The summed E-state index contributed by atoms with van der Waals surface area (Å²) >= 11 is 0. The largest absolute Gasteiger partial charge is 0.462 e. The molecule has 424 valence electrons. The van der Waals surface area contributed by atoms with Gasteiger partial charge in [0, 0.05) is 19.3 Å². The van der Waals surface area contributed by atoms with Gasteiger partial charge in [-0.25, -0.2) is 0 Å². The molecule has 0 aliphatic rings. The maximum Gasteiger partial charge on any atom is 0.306 e. The van der Waals surface area contributed by atoms with Gasteiger partial charge in [-0.2, -0.15) is 0 Å². The van der Waals surface area contributed by atoms with E-state index in [-0.39, 0.29) is 31.1 Å². The highest BCUT2D eigenvalue weighted by Crippen LogP contribution is 2.16. The lowest BCUT2D eigenvalue weighted by atomic mass is 10.0. The molecular weight excluding hydrogens is 913 g/mol. The van der Waals surface area contributed by atoms with Crippen LogP contribution in [0.15, 0.2) is 97.2 Å². The van der Waals surface area contributed by atoms with E-state index in [1.54, 1.807) is 0 Å². The van der Waals surface area contributed by atoms with Crippen molar-refractivity contribution in [3.05, 3.63) is 97.2 Å². The summed E-state index contributed by atoms with van der Waals surface area (Å²) in [7, 11) is 0. The van der Waals surface area contributed by atoms with E-state index in [0.29, 0.717) is 19.3 Å². The first kappa shape index (κ1) is 70.3. The number of carbonyl (C=O) groups is 3. The highest BCUT2D eigenvalue weighted by atomic mass is 16.6. The molecule has 0 aromatic rings. The summed E-state index contributed by atoms with van der Waals surface area (Å²) in [6.45, 7) is 6.48. The Kier molecular flexibility index (Phi) is 58.8. The number of allylic oxidation sites excluding steroid dienone is 16. The van der Waals surface area contributed by atoms with Gasteiger partial charge in [0.25, 0.3) is 0 Å². The third-order valence-corrected chi connectivity index (χ3v) is 13.3. The summed E-state index contributed by atoms with van der Waals surface area (Å²) in [4.78, 5) is 38.2. The van der Waals surface area contributed by atoms with Crippen LogP contribution in [-0.2, 0) is 28.6 Å². The first-order valence-corrected chi connectivity index (χ1v) is 31.2. The maximum absolute atomic E-state index is 12.9. The number of hydrogen-bond acceptors (Lipinski definition) is 6. The van der Waals surface area contributed by atoms with Crippen LogP contribution in [0.4, 0.5) is 0 Å². The molecule has 0 radical (unpaired) electrons. The van der Waals surface area contributed by atoms with E-state index in [0.717, 1.165) is 116 Å². The van der Waals surface area contributed by atoms with E-state index >= 15 is 0 Å². The van der Waals surface area contributed by atoms with Gasteiger partial charge in [-0.15, -0.1) is 0 Å². The minimum absolute atomic E-state index is 0.0909. The minimum Gasteiger partial charge on any atom is -0.462 e. The minimum atomic E-state index is -0.794. The first-order valence-electron chi connectivity index (χ1n) is 31.2. The lowest BCUT2D eigenvalue weighted by Gasteiger charge is -2.18. The Morgan fingerprint density at radius 2 is 0.541 bits per heavy atom. The fraction of sp³-hybridized carbons (Fsp3) is 0.721. The van der Waals surface area contributed by atoms with Gasteiger partial charge in [-0.1, -0.05) is 279 Å². The number of rotatable bonds is 56. The fourth-order valence-corrected chi connectivity index (χ4v) is 8.64. The van der Waals surface area contributed by atoms with Crippen molar-refractivity contribution >= 4 is 17.9 Å². The van der Waals surface area contributed by atoms with Gasteiger partial charge in [0.15, 0.2) is 6.10 Å². The number of unbranched alkanes of at least 4 members (excludes halogenated alkanes) is 29. The molecule has 0 rings (SSSR count). The lowest BCUT2D eigenvalue weighted by molar-refractivity contribution is -0.167. The summed E-state index contributed by atoms with van der Waals surface area (Å²) in [6.07, 6.45) is 82.7. The van der Waals surface area contributed by atoms with Crippen molar-refractivity contribution in [2.75, 3.05) is 13.2 Å². The molecule has 0 saturated carbocycles. The standard InChI is InChI=1S/C68H116O6/c1-4-7-10-13-16-19-22-24-26-28-30-32-33-34-35-36-38-39-41-43-46-49-52-55-58-61-67(70)73-64-65(63-72-66(69)60-57-54-51-48-45-21-18-15-12-9-6-3)74-68(71)62-59-56-53-50-47-44-42-40-37-31-29-27-25-23-20-17-14-11-8-5-2/h7,10,15-16,18-19,24,26,30,32,34-35,38-39,43,46,65H,4-6,8-9,11-14,17,20-23,25,27-29,31,33,36-37,40-42,44-45,47-64H2,1-3H3/b10-7-,18-15-,19-16-,26-24-,32-30-,35-34-,39-38-,46-43-. The zero-order chi connectivity index (χ0) is 53.6. The van der Waals surface area contributed by atoms with Crippen molar-refractivity contribution < 1.29 is 28.6 Å². The highest BCUT2D eigenvalue weighted by molar-refractivity contribution is 5.71. The zero-order valence-corrected chi connectivity index (χ0v) is 48.6. The molecule has 0 fully saturated rings. The van der Waals surface area contributed by atoms with Gasteiger partial charge >= 0.3 is 17.9 Å². The summed E-state index contributed by atoms with van der Waals surface area (Å²) in [5.41, 5.74) is 0. The molecule has 0 spiro atoms. The van der Waals surface area contributed by atoms with Gasteiger partial charge in [-0.3, -0.25) is 14.4 Å². The monoisotopic (exact) mass is 1030 g/mol. The summed E-state index contributed by atoms with van der Waals surface area (Å²) in [5, 5.41) is 0. The van der Waals surface area contributed by atoms with E-state index in [1.807, 2.05) is 0 Å². The second kappa shape index (κ2) is 61.9. The predicted molar refractivity (Wildman–Crippen MR) is 320 cm³/mol. The van der Waals surface area contributed by atoms with Gasteiger partial charge in [0.05, 0.1) is 0 Å². The number of carbonyl (C=O) groups excluding carboxylic acids is 3. The van der Waals surface area contributed by atoms with Crippen LogP contribution >= 0.6 is 0 Å². The van der Waals surface area contributed by atoms with Crippen LogP contribution in [0.3, 0.4) is 0 Å². The molecule has 0 saturated heterocycles. The molecule has 1 atom stereocenters.